The molecule has 3 N–H and O–H groups in total. The van der Waals surface area contributed by atoms with Crippen LogP contribution in [0.2, 0.25) is 0 Å². The Kier molecular flexibility index (Phi) is 3.30. The van der Waals surface area contributed by atoms with Gasteiger partial charge >= 0.3 is 0 Å². The summed E-state index contributed by atoms with van der Waals surface area (Å²) in [6.07, 6.45) is 4.29. The predicted molar refractivity (Wildman–Crippen MR) is 69.3 cm³/mol. The SMILES string of the molecule is CC(C)CC[C@@H](N)c1c[nH]c2ccccc12. The molecule has 0 aliphatic carbocycles. The van der Waals surface area contributed by atoms with Gasteiger partial charge in [0.1, 0.15) is 0 Å². The number of nitrogens with two attached hydrogens (primary N) is 1. The lowest BCUT2D eigenvalue weighted by molar-refractivity contribution is 0.508. The highest BCUT2D eigenvalue weighted by Crippen LogP contribution is 2.26. The molecule has 0 bridgehead atoms. The van der Waals surface area contributed by atoms with Gasteiger partial charge in [-0.05, 0) is 30.4 Å². The van der Waals surface area contributed by atoms with E-state index in [9.17, 15) is 0 Å². The number of fused-ring (bicyclic) bond motifs is 1. The topological polar surface area (TPSA) is 41.8 Å². The fourth-order valence-electron chi connectivity index (χ4n) is 2.07. The molecule has 0 aliphatic rings. The largest absolute Gasteiger partial charge is 0.361 e. The highest BCUT2D eigenvalue weighted by atomic mass is 14.7. The monoisotopic (exact) mass is 216 g/mol. The molecule has 86 valence electrons. The van der Waals surface area contributed by atoms with Crippen LogP contribution in [-0.4, -0.2) is 4.98 Å². The van der Waals surface area contributed by atoms with Crippen molar-refractivity contribution in [2.75, 3.05) is 0 Å². The van der Waals surface area contributed by atoms with Crippen LogP contribution < -0.4 is 5.73 Å². The Hall–Kier alpha value is -1.28. The molecule has 0 fully saturated rings. The van der Waals surface area contributed by atoms with Crippen LogP contribution in [0.25, 0.3) is 10.9 Å². The fourth-order valence-corrected chi connectivity index (χ4v) is 2.07. The van der Waals surface area contributed by atoms with Crippen molar-refractivity contribution in [3.63, 3.8) is 0 Å². The third-order valence-electron chi connectivity index (χ3n) is 3.08. The van der Waals surface area contributed by atoms with Gasteiger partial charge in [0.15, 0.2) is 0 Å². The average Bonchev–Trinajstić information content (AvgIpc) is 2.69. The van der Waals surface area contributed by atoms with Gasteiger partial charge in [0.25, 0.3) is 0 Å². The molecule has 0 radical (unpaired) electrons. The first-order chi connectivity index (χ1) is 7.68. The van der Waals surface area contributed by atoms with Crippen molar-refractivity contribution >= 4 is 10.9 Å². The second kappa shape index (κ2) is 4.71. The Morgan fingerprint density at radius 2 is 1.94 bits per heavy atom. The second-order valence-corrected chi connectivity index (χ2v) is 4.87. The summed E-state index contributed by atoms with van der Waals surface area (Å²) < 4.78 is 0. The number of H-pyrrole nitrogens is 1. The molecule has 0 unspecified atom stereocenters. The van der Waals surface area contributed by atoms with Crippen LogP contribution in [-0.2, 0) is 0 Å². The number of hydrogen-bond donors (Lipinski definition) is 2. The minimum Gasteiger partial charge on any atom is -0.361 e. The molecule has 2 nitrogen and oxygen atoms in total. The standard InChI is InChI=1S/C14H20N2/c1-10(2)7-8-13(15)12-9-16-14-6-4-3-5-11(12)14/h3-6,9-10,13,16H,7-8,15H2,1-2H3/t13-/m1/s1. The van der Waals surface area contributed by atoms with Gasteiger partial charge in [-0.2, -0.15) is 0 Å². The Balaban J connectivity index is 2.19. The number of nitrogens with one attached hydrogen (secondary N) is 1. The molecular weight excluding hydrogens is 196 g/mol. The Morgan fingerprint density at radius 3 is 2.69 bits per heavy atom. The zero-order valence-electron chi connectivity index (χ0n) is 10.0. The van der Waals surface area contributed by atoms with Crippen molar-refractivity contribution in [1.29, 1.82) is 0 Å². The molecule has 0 saturated carbocycles. The number of para-hydroxylation sites is 1. The fraction of sp³-hybridized carbons (Fsp3) is 0.429. The number of benzene rings is 1. The van der Waals surface area contributed by atoms with Crippen molar-refractivity contribution in [3.8, 4) is 0 Å². The molecule has 1 atom stereocenters. The summed E-state index contributed by atoms with van der Waals surface area (Å²) in [7, 11) is 0. The molecule has 0 amide bonds. The van der Waals surface area contributed by atoms with Crippen LogP contribution in [0.5, 0.6) is 0 Å². The van der Waals surface area contributed by atoms with Crippen molar-refractivity contribution in [3.05, 3.63) is 36.0 Å². The van der Waals surface area contributed by atoms with Crippen molar-refractivity contribution < 1.29 is 0 Å². The van der Waals surface area contributed by atoms with Crippen LogP contribution in [0.1, 0.15) is 38.3 Å². The zero-order valence-corrected chi connectivity index (χ0v) is 10.0. The third-order valence-corrected chi connectivity index (χ3v) is 3.08. The summed E-state index contributed by atoms with van der Waals surface area (Å²) in [5.41, 5.74) is 8.66. The van der Waals surface area contributed by atoms with E-state index in [1.807, 2.05) is 6.07 Å². The van der Waals surface area contributed by atoms with Gasteiger partial charge in [0.2, 0.25) is 0 Å². The Bertz CT molecular complexity index is 456. The van der Waals surface area contributed by atoms with E-state index in [1.165, 1.54) is 22.9 Å². The molecule has 1 aromatic heterocycles. The van der Waals surface area contributed by atoms with Crippen LogP contribution in [0.3, 0.4) is 0 Å². The normalized spacial score (nSPS) is 13.5. The molecule has 2 aromatic rings. The van der Waals surface area contributed by atoms with Crippen molar-refractivity contribution in [2.45, 2.75) is 32.7 Å². The predicted octanol–water partition coefficient (Wildman–Crippen LogP) is 3.60. The van der Waals surface area contributed by atoms with E-state index >= 15 is 0 Å². The van der Waals surface area contributed by atoms with Gasteiger partial charge in [-0.25, -0.2) is 0 Å². The molecule has 1 heterocycles. The van der Waals surface area contributed by atoms with E-state index in [0.717, 1.165) is 12.3 Å². The molecule has 2 heteroatoms. The van der Waals surface area contributed by atoms with Gasteiger partial charge < -0.3 is 10.7 Å². The summed E-state index contributed by atoms with van der Waals surface area (Å²) in [5, 5.41) is 1.26. The lowest BCUT2D eigenvalue weighted by Crippen LogP contribution is -2.10. The summed E-state index contributed by atoms with van der Waals surface area (Å²) >= 11 is 0. The van der Waals surface area contributed by atoms with E-state index in [4.69, 9.17) is 5.73 Å². The van der Waals surface area contributed by atoms with E-state index < -0.39 is 0 Å². The quantitative estimate of drug-likeness (QED) is 0.805. The first kappa shape index (κ1) is 11.2. The highest BCUT2D eigenvalue weighted by molar-refractivity contribution is 5.83. The van der Waals surface area contributed by atoms with Crippen molar-refractivity contribution in [2.24, 2.45) is 11.7 Å². The molecule has 16 heavy (non-hydrogen) atoms. The van der Waals surface area contributed by atoms with Crippen LogP contribution in [0.15, 0.2) is 30.5 Å². The molecule has 0 spiro atoms. The number of aromatic amines is 1. The maximum atomic E-state index is 6.23. The molecule has 2 rings (SSSR count). The maximum Gasteiger partial charge on any atom is 0.0457 e. The zero-order chi connectivity index (χ0) is 11.5. The molecule has 0 saturated heterocycles. The summed E-state index contributed by atoms with van der Waals surface area (Å²) in [6, 6.07) is 8.49. The van der Waals surface area contributed by atoms with Crippen LogP contribution in [0, 0.1) is 5.92 Å². The first-order valence-corrected chi connectivity index (χ1v) is 6.00. The average molecular weight is 216 g/mol. The van der Waals surface area contributed by atoms with Gasteiger partial charge in [0, 0.05) is 23.1 Å². The number of aromatic nitrogens is 1. The van der Waals surface area contributed by atoms with E-state index in [-0.39, 0.29) is 6.04 Å². The minimum absolute atomic E-state index is 0.151. The van der Waals surface area contributed by atoms with E-state index in [2.05, 4.69) is 43.2 Å². The summed E-state index contributed by atoms with van der Waals surface area (Å²) in [6.45, 7) is 4.48. The number of rotatable bonds is 4. The Labute approximate surface area is 96.9 Å². The highest BCUT2D eigenvalue weighted by Gasteiger charge is 2.11. The van der Waals surface area contributed by atoms with Gasteiger partial charge in [-0.15, -0.1) is 0 Å². The van der Waals surface area contributed by atoms with Crippen LogP contribution in [0.4, 0.5) is 0 Å². The van der Waals surface area contributed by atoms with Crippen LogP contribution >= 0.6 is 0 Å². The lowest BCUT2D eigenvalue weighted by atomic mass is 9.98. The van der Waals surface area contributed by atoms with Crippen molar-refractivity contribution in [1.82, 2.24) is 4.98 Å². The molecule has 1 aromatic carbocycles. The van der Waals surface area contributed by atoms with Gasteiger partial charge in [0.05, 0.1) is 0 Å². The molecular formula is C14H20N2. The third kappa shape index (κ3) is 2.27. The summed E-state index contributed by atoms with van der Waals surface area (Å²) in [4.78, 5) is 3.28. The molecule has 0 aliphatic heterocycles. The van der Waals surface area contributed by atoms with Gasteiger partial charge in [-0.1, -0.05) is 32.0 Å². The van der Waals surface area contributed by atoms with E-state index in [0.29, 0.717) is 0 Å². The summed E-state index contributed by atoms with van der Waals surface area (Å²) in [5.74, 6) is 0.719. The van der Waals surface area contributed by atoms with Gasteiger partial charge in [-0.3, -0.25) is 0 Å². The first-order valence-electron chi connectivity index (χ1n) is 6.00. The Morgan fingerprint density at radius 1 is 1.19 bits per heavy atom. The maximum absolute atomic E-state index is 6.23. The number of hydrogen-bond acceptors (Lipinski definition) is 1. The lowest BCUT2D eigenvalue weighted by Gasteiger charge is -2.12. The van der Waals surface area contributed by atoms with E-state index in [1.54, 1.807) is 0 Å². The minimum atomic E-state index is 0.151. The second-order valence-electron chi connectivity index (χ2n) is 4.87. The smallest absolute Gasteiger partial charge is 0.0457 e.